The minimum atomic E-state index is 0.709. The molecule has 0 saturated heterocycles. The molecule has 0 saturated carbocycles. The first-order valence-corrected chi connectivity index (χ1v) is 8.03. The molecule has 0 aromatic heterocycles. The summed E-state index contributed by atoms with van der Waals surface area (Å²) in [6.07, 6.45) is 1.06. The van der Waals surface area contributed by atoms with Crippen LogP contribution >= 0.6 is 11.8 Å². The van der Waals surface area contributed by atoms with E-state index >= 15 is 0 Å². The molecule has 1 aliphatic heterocycles. The normalized spacial score (nSPS) is 17.7. The van der Waals surface area contributed by atoms with E-state index in [0.717, 1.165) is 49.4 Å². The van der Waals surface area contributed by atoms with Crippen LogP contribution in [0.15, 0.2) is 29.3 Å². The first-order valence-electron chi connectivity index (χ1n) is 7.04. The Morgan fingerprint density at radius 2 is 2.43 bits per heavy atom. The van der Waals surface area contributed by atoms with Crippen LogP contribution in [-0.2, 0) is 10.5 Å². The molecule has 0 bridgehead atoms. The third kappa shape index (κ3) is 5.38. The van der Waals surface area contributed by atoms with Crippen LogP contribution < -0.4 is 10.2 Å². The highest BCUT2D eigenvalue weighted by Gasteiger charge is 2.14. The summed E-state index contributed by atoms with van der Waals surface area (Å²) in [6, 6.07) is 9.89. The highest BCUT2D eigenvalue weighted by molar-refractivity contribution is 8.13. The van der Waals surface area contributed by atoms with Gasteiger partial charge in [-0.05, 0) is 17.7 Å². The number of thioether (sulfide) groups is 1. The molecule has 112 valence electrons. The number of rotatable bonds is 6. The second-order valence-electron chi connectivity index (χ2n) is 4.92. The summed E-state index contributed by atoms with van der Waals surface area (Å²) >= 11 is 1.69. The summed E-state index contributed by atoms with van der Waals surface area (Å²) < 4.78 is 5.06. The maximum absolute atomic E-state index is 8.89. The Morgan fingerprint density at radius 1 is 1.52 bits per heavy atom. The van der Waals surface area contributed by atoms with Gasteiger partial charge in [0.15, 0.2) is 18.5 Å². The molecule has 1 aromatic rings. The number of hydrogen-bond donors (Lipinski definition) is 2. The number of nitrogens with one attached hydrogen (secondary N) is 2. The topological polar surface area (TPSA) is 61.9 Å². The van der Waals surface area contributed by atoms with Gasteiger partial charge in [-0.2, -0.15) is 5.26 Å². The van der Waals surface area contributed by atoms with Gasteiger partial charge in [-0.1, -0.05) is 23.9 Å². The molecule has 2 rings (SSSR count). The highest BCUT2D eigenvalue weighted by Crippen LogP contribution is 2.14. The Morgan fingerprint density at radius 3 is 3.14 bits per heavy atom. The molecular formula is C15H21N4OS+. The molecule has 0 spiro atoms. The average Bonchev–Trinajstić information content (AvgIpc) is 2.54. The predicted octanol–water partition coefficient (Wildman–Crippen LogP) is 0.587. The first kappa shape index (κ1) is 15.8. The number of aliphatic imine (C=N–C) groups is 1. The molecule has 2 N–H and O–H groups in total. The summed E-state index contributed by atoms with van der Waals surface area (Å²) in [6.45, 7) is 3.61. The average molecular weight is 305 g/mol. The maximum Gasteiger partial charge on any atom is 0.175 e. The SMILES string of the molecule is COCCC[NH+]1CN=C(SCc2cccc(C#N)c2)NC1. The fraction of sp³-hybridized carbons (Fsp3) is 0.467. The molecule has 1 aromatic carbocycles. The molecule has 1 heterocycles. The maximum atomic E-state index is 8.89. The van der Waals surface area contributed by atoms with Gasteiger partial charge in [-0.3, -0.25) is 4.90 Å². The third-order valence-corrected chi connectivity index (χ3v) is 4.27. The van der Waals surface area contributed by atoms with E-state index in [2.05, 4.69) is 16.4 Å². The molecule has 1 atom stereocenters. The largest absolute Gasteiger partial charge is 0.384 e. The van der Waals surface area contributed by atoms with Gasteiger partial charge in [0, 0.05) is 19.3 Å². The van der Waals surface area contributed by atoms with Crippen LogP contribution in [-0.4, -0.2) is 38.8 Å². The van der Waals surface area contributed by atoms with Crippen LogP contribution in [0.2, 0.25) is 0 Å². The number of nitrogens with zero attached hydrogens (tertiary/aromatic N) is 2. The predicted molar refractivity (Wildman–Crippen MR) is 85.1 cm³/mol. The van der Waals surface area contributed by atoms with Crippen LogP contribution in [0.25, 0.3) is 0 Å². The van der Waals surface area contributed by atoms with Gasteiger partial charge in [0.1, 0.15) is 0 Å². The Labute approximate surface area is 130 Å². The summed E-state index contributed by atoms with van der Waals surface area (Å²) in [7, 11) is 1.73. The summed E-state index contributed by atoms with van der Waals surface area (Å²) in [4.78, 5) is 6.01. The quantitative estimate of drug-likeness (QED) is 0.755. The zero-order chi connectivity index (χ0) is 14.9. The Bertz CT molecular complexity index is 527. The molecule has 0 aliphatic carbocycles. The van der Waals surface area contributed by atoms with Gasteiger partial charge in [0.2, 0.25) is 0 Å². The number of amidine groups is 1. The molecular weight excluding hydrogens is 284 g/mol. The minimum Gasteiger partial charge on any atom is -0.384 e. The summed E-state index contributed by atoms with van der Waals surface area (Å²) in [5, 5.41) is 13.3. The molecule has 0 fully saturated rings. The van der Waals surface area contributed by atoms with Crippen LogP contribution in [0, 0.1) is 11.3 Å². The van der Waals surface area contributed by atoms with Crippen molar-refractivity contribution in [1.82, 2.24) is 5.32 Å². The Kier molecular flexibility index (Phi) is 6.54. The van der Waals surface area contributed by atoms with Gasteiger partial charge in [0.25, 0.3) is 0 Å². The lowest BCUT2D eigenvalue weighted by Gasteiger charge is -2.23. The standard InChI is InChI=1S/C15H20N4OS/c1-20-7-3-6-19-11-17-15(18-12-19)21-10-14-5-2-4-13(8-14)9-16/h2,4-5,8H,3,6-7,10-12H2,1H3,(H,17,18)/p+1. The van der Waals surface area contributed by atoms with E-state index in [0.29, 0.717) is 5.56 Å². The summed E-state index contributed by atoms with van der Waals surface area (Å²) in [5.74, 6) is 0.834. The van der Waals surface area contributed by atoms with E-state index < -0.39 is 0 Å². The zero-order valence-corrected chi connectivity index (χ0v) is 13.1. The van der Waals surface area contributed by atoms with Crippen LogP contribution in [0.1, 0.15) is 17.5 Å². The first-order chi connectivity index (χ1) is 10.3. The second-order valence-corrected chi connectivity index (χ2v) is 5.89. The van der Waals surface area contributed by atoms with E-state index in [1.54, 1.807) is 18.9 Å². The van der Waals surface area contributed by atoms with E-state index in [-0.39, 0.29) is 0 Å². The van der Waals surface area contributed by atoms with Crippen molar-refractivity contribution in [3.05, 3.63) is 35.4 Å². The Hall–Kier alpha value is -1.55. The third-order valence-electron chi connectivity index (χ3n) is 3.25. The molecule has 6 heteroatoms. The molecule has 1 aliphatic rings. The lowest BCUT2D eigenvalue weighted by Crippen LogP contribution is -3.14. The van der Waals surface area contributed by atoms with E-state index in [1.165, 1.54) is 4.90 Å². The summed E-state index contributed by atoms with van der Waals surface area (Å²) in [5.41, 5.74) is 1.86. The van der Waals surface area contributed by atoms with Gasteiger partial charge in [-0.25, -0.2) is 4.99 Å². The number of quaternary nitrogens is 1. The number of methoxy groups -OCH3 is 1. The van der Waals surface area contributed by atoms with Crippen LogP contribution in [0.4, 0.5) is 0 Å². The van der Waals surface area contributed by atoms with E-state index in [1.807, 2.05) is 24.3 Å². The lowest BCUT2D eigenvalue weighted by molar-refractivity contribution is -0.903. The highest BCUT2D eigenvalue weighted by atomic mass is 32.2. The van der Waals surface area contributed by atoms with Crippen molar-refractivity contribution in [1.29, 1.82) is 5.26 Å². The van der Waals surface area contributed by atoms with Crippen molar-refractivity contribution in [2.75, 3.05) is 33.6 Å². The molecule has 0 radical (unpaired) electrons. The van der Waals surface area contributed by atoms with Crippen molar-refractivity contribution in [2.24, 2.45) is 4.99 Å². The minimum absolute atomic E-state index is 0.709. The Balaban J connectivity index is 1.76. The lowest BCUT2D eigenvalue weighted by atomic mass is 10.2. The van der Waals surface area contributed by atoms with Crippen molar-refractivity contribution < 1.29 is 9.64 Å². The number of benzene rings is 1. The van der Waals surface area contributed by atoms with Gasteiger partial charge in [-0.15, -0.1) is 0 Å². The number of nitriles is 1. The van der Waals surface area contributed by atoms with Crippen LogP contribution in [0.5, 0.6) is 0 Å². The van der Waals surface area contributed by atoms with Gasteiger partial charge < -0.3 is 10.1 Å². The van der Waals surface area contributed by atoms with Gasteiger partial charge in [0.05, 0.1) is 24.8 Å². The van der Waals surface area contributed by atoms with Crippen molar-refractivity contribution >= 4 is 16.9 Å². The van der Waals surface area contributed by atoms with Crippen LogP contribution in [0.3, 0.4) is 0 Å². The van der Waals surface area contributed by atoms with Crippen molar-refractivity contribution in [2.45, 2.75) is 12.2 Å². The van der Waals surface area contributed by atoms with E-state index in [9.17, 15) is 0 Å². The fourth-order valence-electron chi connectivity index (χ4n) is 2.11. The molecule has 1 unspecified atom stereocenters. The van der Waals surface area contributed by atoms with Gasteiger partial charge >= 0.3 is 0 Å². The monoisotopic (exact) mass is 305 g/mol. The molecule has 21 heavy (non-hydrogen) atoms. The number of ether oxygens (including phenoxy) is 1. The molecule has 0 amide bonds. The number of hydrogen-bond acceptors (Lipinski definition) is 5. The van der Waals surface area contributed by atoms with Crippen molar-refractivity contribution in [3.63, 3.8) is 0 Å². The fourth-order valence-corrected chi connectivity index (χ4v) is 2.92. The second kappa shape index (κ2) is 8.67. The molecule has 5 nitrogen and oxygen atoms in total. The van der Waals surface area contributed by atoms with E-state index in [4.69, 9.17) is 10.00 Å². The zero-order valence-electron chi connectivity index (χ0n) is 12.3. The smallest absolute Gasteiger partial charge is 0.175 e. The van der Waals surface area contributed by atoms with Crippen molar-refractivity contribution in [3.8, 4) is 6.07 Å².